The van der Waals surface area contributed by atoms with Gasteiger partial charge in [-0.25, -0.2) is 0 Å². The highest BCUT2D eigenvalue weighted by atomic mass is 32.2. The van der Waals surface area contributed by atoms with Gasteiger partial charge in [0.25, 0.3) is 10.1 Å². The van der Waals surface area contributed by atoms with Crippen LogP contribution in [0.5, 0.6) is 0 Å². The lowest BCUT2D eigenvalue weighted by Gasteiger charge is -2.13. The summed E-state index contributed by atoms with van der Waals surface area (Å²) in [6, 6.07) is 19.3. The molecule has 11 nitrogen and oxygen atoms in total. The maximum absolute atomic E-state index is 11.7. The molecule has 0 radical (unpaired) electrons. The molecule has 1 aliphatic heterocycles. The van der Waals surface area contributed by atoms with Gasteiger partial charge in [-0.15, -0.1) is 0 Å². The van der Waals surface area contributed by atoms with E-state index in [0.717, 1.165) is 16.9 Å². The molecule has 0 saturated carbocycles. The first kappa shape index (κ1) is 23.2. The number of nitrogens with one attached hydrogen (secondary N) is 4. The van der Waals surface area contributed by atoms with Gasteiger partial charge in [0.15, 0.2) is 0 Å². The van der Waals surface area contributed by atoms with E-state index in [1.807, 2.05) is 36.4 Å². The van der Waals surface area contributed by atoms with Crippen molar-refractivity contribution in [2.24, 2.45) is 0 Å². The predicted molar refractivity (Wildman–Crippen MR) is 136 cm³/mol. The van der Waals surface area contributed by atoms with E-state index in [-0.39, 0.29) is 28.6 Å². The minimum atomic E-state index is -4.40. The van der Waals surface area contributed by atoms with Crippen LogP contribution in [0.2, 0.25) is 0 Å². The highest BCUT2D eigenvalue weighted by molar-refractivity contribution is 7.85. The number of aromatic nitrogens is 3. The molecule has 1 aromatic heterocycles. The van der Waals surface area contributed by atoms with E-state index in [1.54, 1.807) is 31.2 Å². The van der Waals surface area contributed by atoms with Gasteiger partial charge in [-0.05, 0) is 60.5 Å². The molecule has 0 unspecified atom stereocenters. The van der Waals surface area contributed by atoms with Crippen LogP contribution in [0.1, 0.15) is 11.1 Å². The summed E-state index contributed by atoms with van der Waals surface area (Å²) in [5.74, 6) is 0.520. The number of anilines is 7. The van der Waals surface area contributed by atoms with Gasteiger partial charge in [0.1, 0.15) is 0 Å². The molecule has 0 bridgehead atoms. The topological polar surface area (TPSA) is 158 Å². The number of rotatable bonds is 7. The van der Waals surface area contributed by atoms with Crippen molar-refractivity contribution in [1.29, 1.82) is 0 Å². The number of amides is 1. The zero-order valence-corrected chi connectivity index (χ0v) is 19.8. The van der Waals surface area contributed by atoms with E-state index >= 15 is 0 Å². The fraction of sp³-hybridized carbons (Fsp3) is 0.0833. The second-order valence-electron chi connectivity index (χ2n) is 8.10. The number of nitrogens with zero attached hydrogens (tertiary/aromatic N) is 3. The van der Waals surface area contributed by atoms with E-state index in [2.05, 4.69) is 36.2 Å². The molecule has 0 aliphatic carbocycles. The molecule has 5 rings (SSSR count). The van der Waals surface area contributed by atoms with Crippen LogP contribution in [0.25, 0.3) is 0 Å². The van der Waals surface area contributed by atoms with Crippen molar-refractivity contribution in [3.05, 3.63) is 77.9 Å². The van der Waals surface area contributed by atoms with Crippen molar-refractivity contribution in [2.45, 2.75) is 18.2 Å². The van der Waals surface area contributed by atoms with Gasteiger partial charge in [0.2, 0.25) is 23.8 Å². The first-order valence-electron chi connectivity index (χ1n) is 10.9. The molecule has 0 atom stereocenters. The molecule has 4 aromatic rings. The normalized spacial score (nSPS) is 12.6. The number of aryl methyl sites for hydroxylation is 1. The molecule has 0 spiro atoms. The van der Waals surface area contributed by atoms with Crippen LogP contribution >= 0.6 is 0 Å². The summed E-state index contributed by atoms with van der Waals surface area (Å²) in [4.78, 5) is 24.7. The van der Waals surface area contributed by atoms with Gasteiger partial charge in [-0.2, -0.15) is 23.4 Å². The van der Waals surface area contributed by atoms with Gasteiger partial charge in [0.05, 0.1) is 11.3 Å². The van der Waals surface area contributed by atoms with Gasteiger partial charge in [-0.1, -0.05) is 24.3 Å². The molecular formula is C24H21N7O4S. The summed E-state index contributed by atoms with van der Waals surface area (Å²) >= 11 is 0. The van der Waals surface area contributed by atoms with E-state index in [4.69, 9.17) is 0 Å². The lowest BCUT2D eigenvalue weighted by molar-refractivity contribution is -0.115. The Bertz CT molecular complexity index is 1580. The first-order valence-corrected chi connectivity index (χ1v) is 12.3. The van der Waals surface area contributed by atoms with Crippen molar-refractivity contribution >= 4 is 56.6 Å². The highest BCUT2D eigenvalue weighted by Gasteiger charge is 2.18. The van der Waals surface area contributed by atoms with Gasteiger partial charge >= 0.3 is 0 Å². The largest absolute Gasteiger partial charge is 0.326 e. The number of benzene rings is 3. The second kappa shape index (κ2) is 9.24. The van der Waals surface area contributed by atoms with Gasteiger partial charge in [0, 0.05) is 22.7 Å². The zero-order chi connectivity index (χ0) is 25.3. The van der Waals surface area contributed by atoms with E-state index in [0.29, 0.717) is 23.4 Å². The lowest BCUT2D eigenvalue weighted by Crippen LogP contribution is -2.08. The van der Waals surface area contributed by atoms with Crippen molar-refractivity contribution in [2.75, 3.05) is 21.3 Å². The molecule has 1 amide bonds. The van der Waals surface area contributed by atoms with E-state index in [1.165, 1.54) is 6.07 Å². The lowest BCUT2D eigenvalue weighted by atomic mass is 10.1. The Morgan fingerprint density at radius 3 is 2.03 bits per heavy atom. The minimum absolute atomic E-state index is 0.0643. The Balaban J connectivity index is 1.48. The Morgan fingerprint density at radius 1 is 0.806 bits per heavy atom. The second-order valence-corrected chi connectivity index (χ2v) is 9.49. The Labute approximate surface area is 206 Å². The fourth-order valence-corrected chi connectivity index (χ4v) is 4.47. The predicted octanol–water partition coefficient (Wildman–Crippen LogP) is 4.15. The standard InChI is InChI=1S/C24H21N7O4S/c1-14-7-8-18(13-20(14)36(33,34)35)27-24-30-22(25-16-5-3-2-4-6-16)29-23(31-24)26-17-9-10-19-15(11-17)12-21(32)28-19/h2-11,13H,12H2,1H3,(H,28,32)(H,33,34,35)(H3,25,26,27,29,30,31). The third kappa shape index (κ3) is 5.24. The number of carbonyl (C=O) groups is 1. The summed E-state index contributed by atoms with van der Waals surface area (Å²) in [5, 5.41) is 12.0. The van der Waals surface area contributed by atoms with Crippen molar-refractivity contribution in [3.8, 4) is 0 Å². The van der Waals surface area contributed by atoms with Crippen LogP contribution in [-0.4, -0.2) is 33.8 Å². The van der Waals surface area contributed by atoms with Crippen LogP contribution in [0.15, 0.2) is 71.6 Å². The summed E-state index contributed by atoms with van der Waals surface area (Å²) in [7, 11) is -4.40. The third-order valence-corrected chi connectivity index (χ3v) is 6.37. The summed E-state index contributed by atoms with van der Waals surface area (Å²) < 4.78 is 32.9. The van der Waals surface area contributed by atoms with E-state index in [9.17, 15) is 17.8 Å². The molecule has 0 saturated heterocycles. The number of hydrogen-bond donors (Lipinski definition) is 5. The SMILES string of the molecule is Cc1ccc(Nc2nc(Nc3ccccc3)nc(Nc3ccc4c(c3)CC(=O)N4)n2)cc1S(=O)(=O)O. The first-order chi connectivity index (χ1) is 17.2. The van der Waals surface area contributed by atoms with Crippen LogP contribution in [0.3, 0.4) is 0 Å². The molecule has 12 heteroatoms. The Hall–Kier alpha value is -4.55. The smallest absolute Gasteiger partial charge is 0.294 e. The average molecular weight is 504 g/mol. The Kier molecular flexibility index (Phi) is 5.96. The van der Waals surface area contributed by atoms with Crippen molar-refractivity contribution in [3.63, 3.8) is 0 Å². The van der Waals surface area contributed by atoms with Crippen LogP contribution < -0.4 is 21.3 Å². The molecular weight excluding hydrogens is 482 g/mol. The third-order valence-electron chi connectivity index (χ3n) is 5.37. The van der Waals surface area contributed by atoms with Crippen LogP contribution in [0.4, 0.5) is 40.6 Å². The minimum Gasteiger partial charge on any atom is -0.326 e. The molecule has 36 heavy (non-hydrogen) atoms. The molecule has 0 fully saturated rings. The quantitative estimate of drug-likeness (QED) is 0.232. The monoisotopic (exact) mass is 503 g/mol. The maximum atomic E-state index is 11.7. The van der Waals surface area contributed by atoms with Crippen molar-refractivity contribution in [1.82, 2.24) is 15.0 Å². The highest BCUT2D eigenvalue weighted by Crippen LogP contribution is 2.28. The molecule has 182 valence electrons. The summed E-state index contributed by atoms with van der Waals surface area (Å²) in [6.07, 6.45) is 0.291. The van der Waals surface area contributed by atoms with Crippen LogP contribution in [-0.2, 0) is 21.3 Å². The number of para-hydroxylation sites is 1. The molecule has 2 heterocycles. The van der Waals surface area contributed by atoms with E-state index < -0.39 is 10.1 Å². The number of carbonyl (C=O) groups excluding carboxylic acids is 1. The van der Waals surface area contributed by atoms with Crippen molar-refractivity contribution < 1.29 is 17.8 Å². The van der Waals surface area contributed by atoms with Gasteiger partial charge in [-0.3, -0.25) is 9.35 Å². The zero-order valence-electron chi connectivity index (χ0n) is 19.0. The number of fused-ring (bicyclic) bond motifs is 1. The molecule has 5 N–H and O–H groups in total. The maximum Gasteiger partial charge on any atom is 0.294 e. The summed E-state index contributed by atoms with van der Waals surface area (Å²) in [6.45, 7) is 1.58. The Morgan fingerprint density at radius 2 is 1.39 bits per heavy atom. The summed E-state index contributed by atoms with van der Waals surface area (Å²) in [5.41, 5.74) is 3.82. The molecule has 1 aliphatic rings. The van der Waals surface area contributed by atoms with Crippen LogP contribution in [0, 0.1) is 6.92 Å². The fourth-order valence-electron chi connectivity index (χ4n) is 3.72. The number of hydrogen-bond acceptors (Lipinski definition) is 9. The van der Waals surface area contributed by atoms with Gasteiger partial charge < -0.3 is 21.3 Å². The molecule has 3 aromatic carbocycles. The average Bonchev–Trinajstić information content (AvgIpc) is 3.19.